The van der Waals surface area contributed by atoms with E-state index in [9.17, 15) is 9.50 Å². The quantitative estimate of drug-likeness (QED) is 0.795. The van der Waals surface area contributed by atoms with Crippen LogP contribution in [0.5, 0.6) is 0 Å². The Hall–Kier alpha value is -0.190. The predicted octanol–water partition coefficient (Wildman–Crippen LogP) is 2.86. The maximum atomic E-state index is 13.3. The molecule has 0 aromatic carbocycles. The molecule has 0 spiro atoms. The van der Waals surface area contributed by atoms with Gasteiger partial charge in [-0.25, -0.2) is 9.37 Å². The van der Waals surface area contributed by atoms with E-state index in [-0.39, 0.29) is 10.7 Å². The third-order valence-corrected chi connectivity index (χ3v) is 2.20. The van der Waals surface area contributed by atoms with Crippen LogP contribution in [-0.2, 0) is 5.60 Å². The summed E-state index contributed by atoms with van der Waals surface area (Å²) in [5.41, 5.74) is -1.14. The minimum Gasteiger partial charge on any atom is -0.386 e. The second-order valence-corrected chi connectivity index (χ2v) is 4.33. The van der Waals surface area contributed by atoms with Gasteiger partial charge in [-0.3, -0.25) is 0 Å². The van der Waals surface area contributed by atoms with E-state index in [0.29, 0.717) is 4.60 Å². The van der Waals surface area contributed by atoms with Gasteiger partial charge in [0.1, 0.15) is 4.60 Å². The molecule has 1 aromatic rings. The topological polar surface area (TPSA) is 33.1 Å². The molecule has 2 nitrogen and oxygen atoms in total. The molecule has 0 aliphatic carbocycles. The van der Waals surface area contributed by atoms with Crippen LogP contribution in [0.4, 0.5) is 4.39 Å². The van der Waals surface area contributed by atoms with Crippen LogP contribution in [0.1, 0.15) is 19.4 Å². The summed E-state index contributed by atoms with van der Waals surface area (Å²) in [6, 6.07) is 1.40. The largest absolute Gasteiger partial charge is 0.386 e. The average Bonchev–Trinajstić information content (AvgIpc) is 1.94. The minimum absolute atomic E-state index is 0.124. The molecule has 1 N–H and O–H groups in total. The molecule has 0 amide bonds. The van der Waals surface area contributed by atoms with Crippen LogP contribution in [0.25, 0.3) is 0 Å². The van der Waals surface area contributed by atoms with Crippen molar-refractivity contribution in [2.24, 2.45) is 0 Å². The number of halogens is 3. The normalized spacial score (nSPS) is 11.8. The van der Waals surface area contributed by atoms with Gasteiger partial charge in [0.05, 0.1) is 5.60 Å². The van der Waals surface area contributed by atoms with Gasteiger partial charge in [0.25, 0.3) is 0 Å². The highest BCUT2D eigenvalue weighted by Gasteiger charge is 2.23. The zero-order chi connectivity index (χ0) is 10.2. The first-order valence-corrected chi connectivity index (χ1v) is 4.74. The molecule has 0 unspecified atom stereocenters. The van der Waals surface area contributed by atoms with Crippen molar-refractivity contribution in [3.05, 3.63) is 27.2 Å². The van der Waals surface area contributed by atoms with Crippen LogP contribution in [0, 0.1) is 5.82 Å². The monoisotopic (exact) mass is 267 g/mol. The van der Waals surface area contributed by atoms with E-state index in [1.54, 1.807) is 0 Å². The van der Waals surface area contributed by atoms with Gasteiger partial charge in [-0.15, -0.1) is 0 Å². The Bertz CT molecular complexity index is 338. The molecule has 0 saturated carbocycles. The van der Waals surface area contributed by atoms with Crippen LogP contribution in [0.2, 0.25) is 5.15 Å². The van der Waals surface area contributed by atoms with Crippen molar-refractivity contribution < 1.29 is 9.50 Å². The summed E-state index contributed by atoms with van der Waals surface area (Å²) in [7, 11) is 0. The Morgan fingerprint density at radius 1 is 1.62 bits per heavy atom. The van der Waals surface area contributed by atoms with Crippen LogP contribution in [0.3, 0.4) is 0 Å². The predicted molar refractivity (Wildman–Crippen MR) is 52.1 cm³/mol. The fraction of sp³-hybridized carbons (Fsp3) is 0.375. The van der Waals surface area contributed by atoms with Crippen molar-refractivity contribution in [1.82, 2.24) is 4.98 Å². The molecule has 1 rings (SSSR count). The summed E-state index contributed by atoms with van der Waals surface area (Å²) in [6.45, 7) is 2.96. The number of hydrogen-bond acceptors (Lipinski definition) is 2. The van der Waals surface area contributed by atoms with Crippen molar-refractivity contribution in [3.63, 3.8) is 0 Å². The summed E-state index contributed by atoms with van der Waals surface area (Å²) in [5, 5.41) is 9.33. The van der Waals surface area contributed by atoms with Gasteiger partial charge in [0.15, 0.2) is 11.0 Å². The molecule has 13 heavy (non-hydrogen) atoms. The molecule has 72 valence electrons. The molecule has 0 atom stereocenters. The highest BCUT2D eigenvalue weighted by atomic mass is 79.9. The molecule has 0 aliphatic heterocycles. The summed E-state index contributed by atoms with van der Waals surface area (Å²) < 4.78 is 13.7. The highest BCUT2D eigenvalue weighted by Crippen LogP contribution is 2.28. The Morgan fingerprint density at radius 2 is 2.15 bits per heavy atom. The first-order chi connectivity index (χ1) is 5.82. The molecule has 1 aromatic heterocycles. The smallest absolute Gasteiger partial charge is 0.166 e. The van der Waals surface area contributed by atoms with E-state index in [1.165, 1.54) is 19.9 Å². The zero-order valence-corrected chi connectivity index (χ0v) is 9.45. The number of rotatable bonds is 1. The fourth-order valence-electron chi connectivity index (χ4n) is 0.914. The number of aromatic nitrogens is 1. The first-order valence-electron chi connectivity index (χ1n) is 3.57. The summed E-state index contributed by atoms with van der Waals surface area (Å²) in [4.78, 5) is 3.64. The Balaban J connectivity index is 3.37. The molecular weight excluding hydrogens is 260 g/mol. The SMILES string of the molecule is CC(C)(O)c1cc(Br)nc(Cl)c1F. The lowest BCUT2D eigenvalue weighted by Crippen LogP contribution is -2.18. The van der Waals surface area contributed by atoms with Gasteiger partial charge >= 0.3 is 0 Å². The molecule has 0 saturated heterocycles. The van der Waals surface area contributed by atoms with E-state index in [2.05, 4.69) is 20.9 Å². The van der Waals surface area contributed by atoms with E-state index >= 15 is 0 Å². The lowest BCUT2D eigenvalue weighted by molar-refractivity contribution is 0.0743. The maximum Gasteiger partial charge on any atom is 0.166 e. The van der Waals surface area contributed by atoms with Crippen molar-refractivity contribution in [2.75, 3.05) is 0 Å². The highest BCUT2D eigenvalue weighted by molar-refractivity contribution is 9.10. The standard InChI is InChI=1S/C8H8BrClFNO/c1-8(2,13)4-3-5(9)12-7(10)6(4)11/h3,13H,1-2H3. The Kier molecular flexibility index (Phi) is 2.95. The summed E-state index contributed by atoms with van der Waals surface area (Å²) in [6.07, 6.45) is 0. The van der Waals surface area contributed by atoms with Crippen LogP contribution >= 0.6 is 27.5 Å². The Labute approximate surface area is 88.9 Å². The van der Waals surface area contributed by atoms with Crippen molar-refractivity contribution >= 4 is 27.5 Å². The van der Waals surface area contributed by atoms with Gasteiger partial charge in [0.2, 0.25) is 0 Å². The lowest BCUT2D eigenvalue weighted by Gasteiger charge is -2.18. The summed E-state index contributed by atoms with van der Waals surface area (Å²) in [5.74, 6) is -0.683. The van der Waals surface area contributed by atoms with Crippen LogP contribution < -0.4 is 0 Å². The molecular formula is C8H8BrClFNO. The lowest BCUT2D eigenvalue weighted by atomic mass is 9.99. The van der Waals surface area contributed by atoms with Crippen LogP contribution in [-0.4, -0.2) is 10.1 Å². The van der Waals surface area contributed by atoms with Crippen LogP contribution in [0.15, 0.2) is 10.7 Å². The summed E-state index contributed by atoms with van der Waals surface area (Å²) >= 11 is 8.56. The second-order valence-electron chi connectivity index (χ2n) is 3.16. The number of pyridine rings is 1. The van der Waals surface area contributed by atoms with E-state index in [1.807, 2.05) is 0 Å². The van der Waals surface area contributed by atoms with E-state index in [4.69, 9.17) is 11.6 Å². The number of aliphatic hydroxyl groups is 1. The molecule has 5 heteroatoms. The average molecular weight is 269 g/mol. The Morgan fingerprint density at radius 3 is 2.62 bits per heavy atom. The molecule has 0 fully saturated rings. The third kappa shape index (κ3) is 2.39. The maximum absolute atomic E-state index is 13.3. The van der Waals surface area contributed by atoms with E-state index < -0.39 is 11.4 Å². The molecule has 0 bridgehead atoms. The van der Waals surface area contributed by atoms with Crippen molar-refractivity contribution in [3.8, 4) is 0 Å². The van der Waals surface area contributed by atoms with E-state index in [0.717, 1.165) is 0 Å². The van der Waals surface area contributed by atoms with Gasteiger partial charge in [0, 0.05) is 5.56 Å². The number of nitrogens with zero attached hydrogens (tertiary/aromatic N) is 1. The third-order valence-electron chi connectivity index (χ3n) is 1.55. The van der Waals surface area contributed by atoms with Gasteiger partial charge in [-0.05, 0) is 35.8 Å². The van der Waals surface area contributed by atoms with Gasteiger partial charge in [-0.1, -0.05) is 11.6 Å². The van der Waals surface area contributed by atoms with Crippen molar-refractivity contribution in [2.45, 2.75) is 19.4 Å². The zero-order valence-electron chi connectivity index (χ0n) is 7.11. The molecule has 0 radical (unpaired) electrons. The van der Waals surface area contributed by atoms with Gasteiger partial charge < -0.3 is 5.11 Å². The van der Waals surface area contributed by atoms with Crippen molar-refractivity contribution in [1.29, 1.82) is 0 Å². The minimum atomic E-state index is -1.26. The number of hydrogen-bond donors (Lipinski definition) is 1. The second kappa shape index (κ2) is 3.52. The fourth-order valence-corrected chi connectivity index (χ4v) is 1.62. The molecule has 0 aliphatic rings. The molecule has 1 heterocycles. The van der Waals surface area contributed by atoms with Gasteiger partial charge in [-0.2, -0.15) is 0 Å². The first kappa shape index (κ1) is 10.9.